The van der Waals surface area contributed by atoms with E-state index in [2.05, 4.69) is 11.4 Å². The van der Waals surface area contributed by atoms with Crippen molar-refractivity contribution in [1.29, 1.82) is 5.26 Å². The summed E-state index contributed by atoms with van der Waals surface area (Å²) in [5.41, 5.74) is 1.21. The van der Waals surface area contributed by atoms with Crippen molar-refractivity contribution in [2.45, 2.75) is 25.7 Å². The fourth-order valence-electron chi connectivity index (χ4n) is 4.40. The Morgan fingerprint density at radius 1 is 1.07 bits per heavy atom. The molecule has 1 N–H and O–H groups in total. The molecule has 7 heteroatoms. The van der Waals surface area contributed by atoms with Gasteiger partial charge in [-0.2, -0.15) is 5.26 Å². The minimum absolute atomic E-state index is 0.0596. The molecule has 7 nitrogen and oxygen atoms in total. The first-order chi connectivity index (χ1) is 14.1. The standard InChI is InChI=1S/C22H24N4O3/c23-15-17-4-1-5-18(14-17)24-21(28)26-10-3-7-22(16-26)8-11-25(12-9-22)20(27)19-6-2-13-29-19/h1-2,4-6,13-14H,3,7-12,16H2,(H,24,28). The van der Waals surface area contributed by atoms with Gasteiger partial charge in [0.2, 0.25) is 0 Å². The largest absolute Gasteiger partial charge is 0.459 e. The van der Waals surface area contributed by atoms with E-state index in [9.17, 15) is 9.59 Å². The highest BCUT2D eigenvalue weighted by molar-refractivity contribution is 5.91. The van der Waals surface area contributed by atoms with Crippen molar-refractivity contribution < 1.29 is 14.0 Å². The van der Waals surface area contributed by atoms with Gasteiger partial charge in [-0.15, -0.1) is 0 Å². The van der Waals surface area contributed by atoms with Crippen LogP contribution in [0.5, 0.6) is 0 Å². The van der Waals surface area contributed by atoms with E-state index in [1.165, 1.54) is 6.26 Å². The maximum absolute atomic E-state index is 12.8. The highest BCUT2D eigenvalue weighted by Gasteiger charge is 2.40. The second-order valence-corrected chi connectivity index (χ2v) is 7.92. The molecule has 0 saturated carbocycles. The van der Waals surface area contributed by atoms with Crippen molar-refractivity contribution in [1.82, 2.24) is 9.80 Å². The Morgan fingerprint density at radius 2 is 1.90 bits per heavy atom. The normalized spacial score (nSPS) is 18.3. The third kappa shape index (κ3) is 4.11. The summed E-state index contributed by atoms with van der Waals surface area (Å²) in [6, 6.07) is 12.3. The Morgan fingerprint density at radius 3 is 2.62 bits per heavy atom. The monoisotopic (exact) mass is 392 g/mol. The Balaban J connectivity index is 1.36. The van der Waals surface area contributed by atoms with Crippen LogP contribution in [-0.4, -0.2) is 47.9 Å². The molecule has 0 aliphatic carbocycles. The van der Waals surface area contributed by atoms with E-state index in [4.69, 9.17) is 9.68 Å². The van der Waals surface area contributed by atoms with Gasteiger partial charge in [0.1, 0.15) is 0 Å². The van der Waals surface area contributed by atoms with E-state index in [0.29, 0.717) is 36.6 Å². The molecule has 2 fully saturated rings. The smallest absolute Gasteiger partial charge is 0.321 e. The van der Waals surface area contributed by atoms with Crippen LogP contribution < -0.4 is 5.32 Å². The van der Waals surface area contributed by atoms with E-state index in [-0.39, 0.29) is 17.4 Å². The number of likely N-dealkylation sites (tertiary alicyclic amines) is 2. The molecule has 3 amide bonds. The van der Waals surface area contributed by atoms with Crippen LogP contribution in [0.3, 0.4) is 0 Å². The summed E-state index contributed by atoms with van der Waals surface area (Å²) < 4.78 is 5.23. The number of rotatable bonds is 2. The average molecular weight is 392 g/mol. The molecule has 2 aromatic rings. The lowest BCUT2D eigenvalue weighted by Crippen LogP contribution is -2.52. The van der Waals surface area contributed by atoms with Crippen LogP contribution in [0.25, 0.3) is 0 Å². The van der Waals surface area contributed by atoms with Gasteiger partial charge in [-0.25, -0.2) is 4.79 Å². The summed E-state index contributed by atoms with van der Waals surface area (Å²) in [7, 11) is 0. The van der Waals surface area contributed by atoms with Crippen molar-refractivity contribution in [3.63, 3.8) is 0 Å². The number of hydrogen-bond acceptors (Lipinski definition) is 4. The second-order valence-electron chi connectivity index (χ2n) is 7.92. The Bertz CT molecular complexity index is 924. The molecular weight excluding hydrogens is 368 g/mol. The SMILES string of the molecule is N#Cc1cccc(NC(=O)N2CCCC3(CCN(C(=O)c4ccco4)CC3)C2)c1. The van der Waals surface area contributed by atoms with Crippen molar-refractivity contribution in [3.8, 4) is 6.07 Å². The molecule has 1 spiro atoms. The number of carbonyl (C=O) groups is 2. The summed E-state index contributed by atoms with van der Waals surface area (Å²) in [5, 5.41) is 11.9. The molecule has 1 aromatic heterocycles. The molecule has 2 aliphatic rings. The van der Waals surface area contributed by atoms with Crippen molar-refractivity contribution in [2.24, 2.45) is 5.41 Å². The fourth-order valence-corrected chi connectivity index (χ4v) is 4.40. The topological polar surface area (TPSA) is 89.6 Å². The second kappa shape index (κ2) is 8.00. The van der Waals surface area contributed by atoms with Crippen LogP contribution in [0.1, 0.15) is 41.8 Å². The first-order valence-corrected chi connectivity index (χ1v) is 9.97. The summed E-state index contributed by atoms with van der Waals surface area (Å²) in [6.45, 7) is 2.78. The molecule has 0 unspecified atom stereocenters. The van der Waals surface area contributed by atoms with Crippen LogP contribution in [-0.2, 0) is 0 Å². The van der Waals surface area contributed by atoms with Gasteiger partial charge >= 0.3 is 6.03 Å². The first kappa shape index (κ1) is 19.1. The Kier molecular flexibility index (Phi) is 5.26. The summed E-state index contributed by atoms with van der Waals surface area (Å²) in [5.74, 6) is 0.317. The molecule has 29 heavy (non-hydrogen) atoms. The molecular formula is C22H24N4O3. The highest BCUT2D eigenvalue weighted by Crippen LogP contribution is 2.40. The predicted octanol–water partition coefficient (Wildman–Crippen LogP) is 3.70. The van der Waals surface area contributed by atoms with Gasteiger partial charge in [-0.1, -0.05) is 6.07 Å². The average Bonchev–Trinajstić information content (AvgIpc) is 3.29. The van der Waals surface area contributed by atoms with Crippen molar-refractivity contribution >= 4 is 17.6 Å². The number of nitrogens with zero attached hydrogens (tertiary/aromatic N) is 3. The number of anilines is 1. The van der Waals surface area contributed by atoms with Gasteiger partial charge in [-0.05, 0) is 61.4 Å². The Labute approximate surface area is 169 Å². The molecule has 0 bridgehead atoms. The van der Waals surface area contributed by atoms with Gasteiger partial charge in [-0.3, -0.25) is 4.79 Å². The molecule has 1 aromatic carbocycles. The van der Waals surface area contributed by atoms with E-state index in [1.807, 2.05) is 9.80 Å². The number of hydrogen-bond donors (Lipinski definition) is 1. The summed E-state index contributed by atoms with van der Waals surface area (Å²) >= 11 is 0. The van der Waals surface area contributed by atoms with Crippen molar-refractivity contribution in [2.75, 3.05) is 31.5 Å². The maximum atomic E-state index is 12.8. The first-order valence-electron chi connectivity index (χ1n) is 9.97. The number of furan rings is 1. The van der Waals surface area contributed by atoms with Crippen molar-refractivity contribution in [3.05, 3.63) is 54.0 Å². The van der Waals surface area contributed by atoms with Gasteiger partial charge in [0.25, 0.3) is 5.91 Å². The maximum Gasteiger partial charge on any atom is 0.321 e. The molecule has 150 valence electrons. The lowest BCUT2D eigenvalue weighted by Gasteiger charge is -2.47. The minimum Gasteiger partial charge on any atom is -0.459 e. The van der Waals surface area contributed by atoms with E-state index >= 15 is 0 Å². The number of benzene rings is 1. The Hall–Kier alpha value is -3.27. The highest BCUT2D eigenvalue weighted by atomic mass is 16.3. The number of piperidine rings is 2. The van der Waals surface area contributed by atoms with Gasteiger partial charge in [0.15, 0.2) is 5.76 Å². The van der Waals surface area contributed by atoms with Crippen LogP contribution in [0, 0.1) is 16.7 Å². The number of nitrogens with one attached hydrogen (secondary N) is 1. The predicted molar refractivity (Wildman–Crippen MR) is 107 cm³/mol. The van der Waals surface area contributed by atoms with Crippen LogP contribution >= 0.6 is 0 Å². The van der Waals surface area contributed by atoms with E-state index < -0.39 is 0 Å². The number of carbonyl (C=O) groups excluding carboxylic acids is 2. The lowest BCUT2D eigenvalue weighted by atomic mass is 9.72. The van der Waals surface area contributed by atoms with Crippen LogP contribution in [0.2, 0.25) is 0 Å². The zero-order chi connectivity index (χ0) is 20.3. The van der Waals surface area contributed by atoms with E-state index in [1.54, 1.807) is 36.4 Å². The van der Waals surface area contributed by atoms with Crippen LogP contribution in [0.15, 0.2) is 47.1 Å². The van der Waals surface area contributed by atoms with E-state index in [0.717, 1.165) is 32.2 Å². The number of urea groups is 1. The molecule has 4 rings (SSSR count). The van der Waals surface area contributed by atoms with Gasteiger partial charge in [0.05, 0.1) is 17.9 Å². The third-order valence-electron chi connectivity index (χ3n) is 6.03. The minimum atomic E-state index is -0.131. The number of amides is 3. The third-order valence-corrected chi connectivity index (χ3v) is 6.03. The molecule has 2 saturated heterocycles. The fraction of sp³-hybridized carbons (Fsp3) is 0.409. The summed E-state index contributed by atoms with van der Waals surface area (Å²) in [4.78, 5) is 29.0. The van der Waals surface area contributed by atoms with Gasteiger partial charge < -0.3 is 19.5 Å². The zero-order valence-electron chi connectivity index (χ0n) is 16.3. The lowest BCUT2D eigenvalue weighted by molar-refractivity contribution is 0.0317. The quantitative estimate of drug-likeness (QED) is 0.844. The zero-order valence-corrected chi connectivity index (χ0v) is 16.3. The number of nitriles is 1. The molecule has 0 radical (unpaired) electrons. The molecule has 3 heterocycles. The molecule has 0 atom stereocenters. The molecule has 2 aliphatic heterocycles. The summed E-state index contributed by atoms with van der Waals surface area (Å²) in [6.07, 6.45) is 5.31. The van der Waals surface area contributed by atoms with Crippen LogP contribution in [0.4, 0.5) is 10.5 Å². The van der Waals surface area contributed by atoms with Gasteiger partial charge in [0, 0.05) is 31.9 Å².